The minimum Gasteiger partial charge on any atom is -0.497 e. The van der Waals surface area contributed by atoms with E-state index in [1.54, 1.807) is 72.7 Å². The molecule has 0 unspecified atom stereocenters. The monoisotopic (exact) mass is 435 g/mol. The zero-order chi connectivity index (χ0) is 22.7. The number of halogens is 1. The van der Waals surface area contributed by atoms with Gasteiger partial charge in [-0.25, -0.2) is 9.18 Å². The molecule has 1 aliphatic heterocycles. The molecule has 0 saturated carbocycles. The molecule has 3 aromatic rings. The molecule has 0 radical (unpaired) electrons. The summed E-state index contributed by atoms with van der Waals surface area (Å²) in [4.78, 5) is 26.4. The highest BCUT2D eigenvalue weighted by Gasteiger charge is 2.50. The van der Waals surface area contributed by atoms with Gasteiger partial charge in [0, 0.05) is 6.54 Å². The zero-order valence-electron chi connectivity index (χ0n) is 17.7. The quantitative estimate of drug-likeness (QED) is 0.412. The van der Waals surface area contributed by atoms with Crippen molar-refractivity contribution >= 4 is 11.9 Å². The third-order valence-corrected chi connectivity index (χ3v) is 5.41. The number of hydrogen-bond donors (Lipinski definition) is 0. The van der Waals surface area contributed by atoms with E-state index in [9.17, 15) is 14.0 Å². The van der Waals surface area contributed by atoms with Crippen LogP contribution in [-0.2, 0) is 16.1 Å². The molecule has 1 fully saturated rings. The van der Waals surface area contributed by atoms with Crippen LogP contribution in [0.5, 0.6) is 11.5 Å². The number of carbonyl (C=O) groups is 2. The minimum atomic E-state index is -0.729. The number of benzene rings is 3. The Bertz CT molecular complexity index is 1100. The molecular formula is C25H22FNO5. The molecule has 4 rings (SSSR count). The third kappa shape index (κ3) is 4.27. The summed E-state index contributed by atoms with van der Waals surface area (Å²) in [5.41, 5.74) is 2.04. The summed E-state index contributed by atoms with van der Waals surface area (Å²) in [6, 6.07) is 19.5. The first-order valence-corrected chi connectivity index (χ1v) is 10.0. The van der Waals surface area contributed by atoms with Crippen molar-refractivity contribution in [1.29, 1.82) is 0 Å². The number of esters is 1. The van der Waals surface area contributed by atoms with Crippen LogP contribution in [-0.4, -0.2) is 37.1 Å². The van der Waals surface area contributed by atoms with Gasteiger partial charge in [-0.15, -0.1) is 0 Å². The number of amides is 1. The summed E-state index contributed by atoms with van der Waals surface area (Å²) >= 11 is 0. The van der Waals surface area contributed by atoms with Crippen LogP contribution in [0.4, 0.5) is 4.39 Å². The number of likely N-dealkylation sites (tertiary alicyclic amines) is 1. The molecule has 32 heavy (non-hydrogen) atoms. The molecule has 1 saturated heterocycles. The molecular weight excluding hydrogens is 413 g/mol. The first kappa shape index (κ1) is 21.4. The second kappa shape index (κ2) is 9.09. The fourth-order valence-corrected chi connectivity index (χ4v) is 3.68. The predicted octanol–water partition coefficient (Wildman–Crippen LogP) is 4.15. The maximum Gasteiger partial charge on any atom is 0.337 e. The van der Waals surface area contributed by atoms with Gasteiger partial charge in [-0.05, 0) is 59.7 Å². The number of methoxy groups -OCH3 is 2. The largest absolute Gasteiger partial charge is 0.497 e. The normalized spacial score (nSPS) is 17.5. The van der Waals surface area contributed by atoms with Crippen molar-refractivity contribution < 1.29 is 28.2 Å². The number of ether oxygens (including phenoxy) is 3. The van der Waals surface area contributed by atoms with Gasteiger partial charge in [0.15, 0.2) is 0 Å². The summed E-state index contributed by atoms with van der Waals surface area (Å²) in [5.74, 6) is 0.286. The summed E-state index contributed by atoms with van der Waals surface area (Å²) in [5, 5.41) is 0. The number of carbonyl (C=O) groups excluding carboxylic acids is 2. The summed E-state index contributed by atoms with van der Waals surface area (Å²) in [6.45, 7) is 0.311. The molecule has 1 heterocycles. The SMILES string of the molecule is COC(=O)c1ccc([C@@H]2[C@@H](Oc3ccc(OC)cc3)C(=O)N2Cc2ccc(F)cc2)cc1. The molecule has 1 aliphatic rings. The van der Waals surface area contributed by atoms with Crippen molar-refractivity contribution in [3.05, 3.63) is 95.3 Å². The number of rotatable bonds is 7. The van der Waals surface area contributed by atoms with Crippen LogP contribution in [0, 0.1) is 5.82 Å². The Labute approximate surface area is 185 Å². The Morgan fingerprint density at radius 2 is 1.53 bits per heavy atom. The van der Waals surface area contributed by atoms with Crippen LogP contribution in [0.3, 0.4) is 0 Å². The highest BCUT2D eigenvalue weighted by molar-refractivity contribution is 5.90. The third-order valence-electron chi connectivity index (χ3n) is 5.41. The molecule has 0 aromatic heterocycles. The van der Waals surface area contributed by atoms with E-state index in [1.165, 1.54) is 19.2 Å². The van der Waals surface area contributed by atoms with E-state index in [4.69, 9.17) is 14.2 Å². The lowest BCUT2D eigenvalue weighted by molar-refractivity contribution is -0.165. The lowest BCUT2D eigenvalue weighted by Crippen LogP contribution is -2.60. The van der Waals surface area contributed by atoms with Gasteiger partial charge in [-0.3, -0.25) is 4.79 Å². The Morgan fingerprint density at radius 1 is 0.906 bits per heavy atom. The van der Waals surface area contributed by atoms with Crippen molar-refractivity contribution in [3.63, 3.8) is 0 Å². The fourth-order valence-electron chi connectivity index (χ4n) is 3.68. The van der Waals surface area contributed by atoms with E-state index >= 15 is 0 Å². The van der Waals surface area contributed by atoms with Crippen LogP contribution in [0.25, 0.3) is 0 Å². The fraction of sp³-hybridized carbons (Fsp3) is 0.200. The van der Waals surface area contributed by atoms with Gasteiger partial charge in [0.05, 0.1) is 19.8 Å². The van der Waals surface area contributed by atoms with E-state index in [-0.39, 0.29) is 17.8 Å². The van der Waals surface area contributed by atoms with Crippen LogP contribution >= 0.6 is 0 Å². The van der Waals surface area contributed by atoms with Gasteiger partial charge >= 0.3 is 5.97 Å². The molecule has 0 bridgehead atoms. The van der Waals surface area contributed by atoms with Gasteiger partial charge in [0.2, 0.25) is 6.10 Å². The van der Waals surface area contributed by atoms with E-state index < -0.39 is 12.1 Å². The summed E-state index contributed by atoms with van der Waals surface area (Å²) in [6.07, 6.45) is -0.729. The molecule has 7 heteroatoms. The Kier molecular flexibility index (Phi) is 6.07. The molecule has 2 atom stereocenters. The second-order valence-electron chi connectivity index (χ2n) is 7.37. The van der Waals surface area contributed by atoms with Crippen molar-refractivity contribution in [2.45, 2.75) is 18.7 Å². The van der Waals surface area contributed by atoms with Crippen LogP contribution in [0.2, 0.25) is 0 Å². The van der Waals surface area contributed by atoms with Gasteiger partial charge < -0.3 is 19.1 Å². The molecule has 3 aromatic carbocycles. The maximum absolute atomic E-state index is 13.3. The topological polar surface area (TPSA) is 65.1 Å². The van der Waals surface area contributed by atoms with E-state index in [0.717, 1.165) is 11.1 Å². The molecule has 1 amide bonds. The average molecular weight is 435 g/mol. The molecule has 0 aliphatic carbocycles. The van der Waals surface area contributed by atoms with Gasteiger partial charge in [-0.2, -0.15) is 0 Å². The zero-order valence-corrected chi connectivity index (χ0v) is 17.7. The molecule has 6 nitrogen and oxygen atoms in total. The Balaban J connectivity index is 1.60. The van der Waals surface area contributed by atoms with E-state index in [1.807, 2.05) is 0 Å². The highest BCUT2D eigenvalue weighted by Crippen LogP contribution is 2.39. The predicted molar refractivity (Wildman–Crippen MR) is 115 cm³/mol. The van der Waals surface area contributed by atoms with Gasteiger partial charge in [0.25, 0.3) is 5.91 Å². The number of nitrogens with zero attached hydrogens (tertiary/aromatic N) is 1. The van der Waals surface area contributed by atoms with Gasteiger partial charge in [0.1, 0.15) is 23.4 Å². The number of β-lactam (4-membered cyclic amide) rings is 1. The first-order valence-electron chi connectivity index (χ1n) is 10.0. The molecule has 164 valence electrons. The Morgan fingerprint density at radius 3 is 2.12 bits per heavy atom. The van der Waals surface area contributed by atoms with E-state index in [2.05, 4.69) is 0 Å². The van der Waals surface area contributed by atoms with Crippen LogP contribution < -0.4 is 9.47 Å². The standard InChI is InChI=1S/C25H22FNO5/c1-30-20-11-13-21(14-12-20)32-23-22(17-5-7-18(8-6-17)25(29)31-2)27(24(23)28)15-16-3-9-19(26)10-4-16/h3-14,22-23H,15H2,1-2H3/t22-,23-/m1/s1. The summed E-state index contributed by atoms with van der Waals surface area (Å²) in [7, 11) is 2.90. The van der Waals surface area contributed by atoms with Gasteiger partial charge in [-0.1, -0.05) is 24.3 Å². The summed E-state index contributed by atoms with van der Waals surface area (Å²) < 4.78 is 29.2. The van der Waals surface area contributed by atoms with E-state index in [0.29, 0.717) is 23.6 Å². The smallest absolute Gasteiger partial charge is 0.337 e. The van der Waals surface area contributed by atoms with Crippen molar-refractivity contribution in [2.24, 2.45) is 0 Å². The highest BCUT2D eigenvalue weighted by atomic mass is 19.1. The lowest BCUT2D eigenvalue weighted by Gasteiger charge is -2.47. The maximum atomic E-state index is 13.3. The van der Waals surface area contributed by atoms with Crippen LogP contribution in [0.15, 0.2) is 72.8 Å². The van der Waals surface area contributed by atoms with Crippen molar-refractivity contribution in [2.75, 3.05) is 14.2 Å². The molecule has 0 N–H and O–H groups in total. The molecule has 0 spiro atoms. The first-order chi connectivity index (χ1) is 15.5. The Hall–Kier alpha value is -3.87. The lowest BCUT2D eigenvalue weighted by atomic mass is 9.89. The number of hydrogen-bond acceptors (Lipinski definition) is 5. The van der Waals surface area contributed by atoms with Crippen molar-refractivity contribution in [3.8, 4) is 11.5 Å². The minimum absolute atomic E-state index is 0.174. The average Bonchev–Trinajstić information content (AvgIpc) is 2.84. The second-order valence-corrected chi connectivity index (χ2v) is 7.37. The van der Waals surface area contributed by atoms with Crippen molar-refractivity contribution in [1.82, 2.24) is 4.90 Å². The van der Waals surface area contributed by atoms with Crippen LogP contribution in [0.1, 0.15) is 27.5 Å².